The average Bonchev–Trinajstić information content (AvgIpc) is 2.30. The van der Waals surface area contributed by atoms with Crippen LogP contribution in [-0.2, 0) is 6.54 Å². The van der Waals surface area contributed by atoms with Crippen LogP contribution in [0.15, 0.2) is 24.3 Å². The number of aryl methyl sites for hydroxylation is 1. The summed E-state index contributed by atoms with van der Waals surface area (Å²) in [6.07, 6.45) is -2.30. The molecule has 1 aliphatic rings. The van der Waals surface area contributed by atoms with Gasteiger partial charge in [0.1, 0.15) is 12.3 Å². The molecule has 1 aromatic carbocycles. The van der Waals surface area contributed by atoms with Crippen molar-refractivity contribution in [2.75, 3.05) is 20.1 Å². The van der Waals surface area contributed by atoms with E-state index in [1.54, 1.807) is 11.9 Å². The van der Waals surface area contributed by atoms with Crippen LogP contribution in [0.25, 0.3) is 0 Å². The van der Waals surface area contributed by atoms with Crippen LogP contribution in [0.3, 0.4) is 0 Å². The van der Waals surface area contributed by atoms with E-state index in [9.17, 15) is 8.78 Å². The van der Waals surface area contributed by atoms with E-state index >= 15 is 0 Å². The predicted octanol–water partition coefficient (Wildman–Crippen LogP) is 2.07. The predicted molar refractivity (Wildman–Crippen MR) is 69.1 cm³/mol. The molecule has 0 radical (unpaired) electrons. The molecule has 0 saturated carbocycles. The second-order valence-electron chi connectivity index (χ2n) is 5.15. The Morgan fingerprint density at radius 2 is 1.72 bits per heavy atom. The number of rotatable bonds is 3. The van der Waals surface area contributed by atoms with Gasteiger partial charge in [-0.3, -0.25) is 0 Å². The monoisotopic (exact) mass is 254 g/mol. The highest BCUT2D eigenvalue weighted by Crippen LogP contribution is 2.17. The molecule has 1 heterocycles. The van der Waals surface area contributed by atoms with E-state index in [1.165, 1.54) is 5.56 Å². The quantitative estimate of drug-likeness (QED) is 0.888. The van der Waals surface area contributed by atoms with Crippen molar-refractivity contribution >= 4 is 0 Å². The van der Waals surface area contributed by atoms with Crippen LogP contribution in [0.1, 0.15) is 11.1 Å². The minimum atomic E-state index is -1.15. The van der Waals surface area contributed by atoms with E-state index in [4.69, 9.17) is 0 Å². The third-order valence-electron chi connectivity index (χ3n) is 3.41. The van der Waals surface area contributed by atoms with Gasteiger partial charge in [0.2, 0.25) is 0 Å². The largest absolute Gasteiger partial charge is 0.305 e. The number of nitrogens with one attached hydrogen (secondary N) is 1. The van der Waals surface area contributed by atoms with Crippen molar-refractivity contribution in [3.8, 4) is 0 Å². The highest BCUT2D eigenvalue weighted by atomic mass is 19.1. The number of likely N-dealkylation sites (tertiary alicyclic amines) is 1. The van der Waals surface area contributed by atoms with Gasteiger partial charge in [0.15, 0.2) is 0 Å². The van der Waals surface area contributed by atoms with Gasteiger partial charge in [0.05, 0.1) is 6.04 Å². The topological polar surface area (TPSA) is 15.3 Å². The Balaban J connectivity index is 1.91. The molecule has 18 heavy (non-hydrogen) atoms. The van der Waals surface area contributed by atoms with Crippen LogP contribution in [0, 0.1) is 6.92 Å². The summed E-state index contributed by atoms with van der Waals surface area (Å²) in [6, 6.07) is 7.29. The SMILES string of the molecule is Cc1ccc(CNC2[C@@H](F)CN(C)C[C@@H]2F)cc1. The molecule has 0 aliphatic carbocycles. The average molecular weight is 254 g/mol. The molecule has 0 amide bonds. The first kappa shape index (κ1) is 13.4. The summed E-state index contributed by atoms with van der Waals surface area (Å²) < 4.78 is 27.5. The van der Waals surface area contributed by atoms with Gasteiger partial charge in [-0.05, 0) is 19.5 Å². The highest BCUT2D eigenvalue weighted by Gasteiger charge is 2.35. The molecule has 0 aromatic heterocycles. The number of benzene rings is 1. The smallest absolute Gasteiger partial charge is 0.131 e. The Morgan fingerprint density at radius 1 is 1.17 bits per heavy atom. The van der Waals surface area contributed by atoms with Crippen molar-refractivity contribution in [2.45, 2.75) is 31.9 Å². The van der Waals surface area contributed by atoms with Crippen molar-refractivity contribution in [1.82, 2.24) is 10.2 Å². The molecular weight excluding hydrogens is 234 g/mol. The Hall–Kier alpha value is -1.00. The molecule has 0 unspecified atom stereocenters. The lowest BCUT2D eigenvalue weighted by atomic mass is 10.0. The molecule has 0 bridgehead atoms. The molecule has 1 saturated heterocycles. The van der Waals surface area contributed by atoms with E-state index in [0.717, 1.165) is 5.56 Å². The Labute approximate surface area is 107 Å². The first-order chi connectivity index (χ1) is 8.56. The fraction of sp³-hybridized carbons (Fsp3) is 0.571. The highest BCUT2D eigenvalue weighted by molar-refractivity contribution is 5.21. The van der Waals surface area contributed by atoms with Crippen molar-refractivity contribution in [1.29, 1.82) is 0 Å². The Morgan fingerprint density at radius 3 is 2.28 bits per heavy atom. The van der Waals surface area contributed by atoms with Crippen LogP contribution >= 0.6 is 0 Å². The molecule has 1 aromatic rings. The molecule has 2 atom stereocenters. The molecule has 0 spiro atoms. The first-order valence-electron chi connectivity index (χ1n) is 6.32. The number of piperidine rings is 1. The molecule has 2 nitrogen and oxygen atoms in total. The fourth-order valence-corrected chi connectivity index (χ4v) is 2.32. The second kappa shape index (κ2) is 5.76. The number of nitrogens with zero attached hydrogens (tertiary/aromatic N) is 1. The van der Waals surface area contributed by atoms with Gasteiger partial charge in [0.25, 0.3) is 0 Å². The maximum atomic E-state index is 13.8. The van der Waals surface area contributed by atoms with Gasteiger partial charge < -0.3 is 10.2 Å². The minimum Gasteiger partial charge on any atom is -0.305 e. The van der Waals surface area contributed by atoms with Crippen LogP contribution in [0.2, 0.25) is 0 Å². The Kier molecular flexibility index (Phi) is 4.30. The van der Waals surface area contributed by atoms with E-state index in [-0.39, 0.29) is 0 Å². The van der Waals surface area contributed by atoms with Gasteiger partial charge in [-0.1, -0.05) is 29.8 Å². The molecule has 2 rings (SSSR count). The maximum absolute atomic E-state index is 13.8. The van der Waals surface area contributed by atoms with Gasteiger partial charge in [-0.25, -0.2) is 8.78 Å². The first-order valence-corrected chi connectivity index (χ1v) is 6.32. The molecule has 1 fully saturated rings. The van der Waals surface area contributed by atoms with Gasteiger partial charge in [-0.2, -0.15) is 0 Å². The van der Waals surface area contributed by atoms with E-state index in [0.29, 0.717) is 19.6 Å². The lowest BCUT2D eigenvalue weighted by molar-refractivity contribution is 0.0510. The molecule has 1 aliphatic heterocycles. The maximum Gasteiger partial charge on any atom is 0.131 e. The summed E-state index contributed by atoms with van der Waals surface area (Å²) in [5.74, 6) is 0. The zero-order valence-corrected chi connectivity index (χ0v) is 10.9. The lowest BCUT2D eigenvalue weighted by Gasteiger charge is -2.35. The van der Waals surface area contributed by atoms with Crippen LogP contribution < -0.4 is 5.32 Å². The van der Waals surface area contributed by atoms with Crippen LogP contribution in [0.5, 0.6) is 0 Å². The zero-order valence-electron chi connectivity index (χ0n) is 10.9. The normalized spacial score (nSPS) is 26.4. The second-order valence-corrected chi connectivity index (χ2v) is 5.15. The van der Waals surface area contributed by atoms with Crippen molar-refractivity contribution in [3.63, 3.8) is 0 Å². The third-order valence-corrected chi connectivity index (χ3v) is 3.41. The van der Waals surface area contributed by atoms with Gasteiger partial charge in [-0.15, -0.1) is 0 Å². The van der Waals surface area contributed by atoms with Gasteiger partial charge >= 0.3 is 0 Å². The summed E-state index contributed by atoms with van der Waals surface area (Å²) in [7, 11) is 1.75. The van der Waals surface area contributed by atoms with E-state index in [2.05, 4.69) is 5.32 Å². The van der Waals surface area contributed by atoms with Crippen LogP contribution in [0.4, 0.5) is 8.78 Å². The lowest BCUT2D eigenvalue weighted by Crippen LogP contribution is -2.56. The summed E-state index contributed by atoms with van der Waals surface area (Å²) in [5, 5.41) is 3.00. The molecule has 4 heteroatoms. The Bertz CT molecular complexity index is 368. The zero-order chi connectivity index (χ0) is 13.1. The summed E-state index contributed by atoms with van der Waals surface area (Å²) >= 11 is 0. The summed E-state index contributed by atoms with van der Waals surface area (Å²) in [6.45, 7) is 3.12. The third kappa shape index (κ3) is 3.27. The number of hydrogen-bond acceptors (Lipinski definition) is 2. The minimum absolute atomic E-state index is 0.298. The summed E-state index contributed by atoms with van der Waals surface area (Å²) in [4.78, 5) is 1.69. The van der Waals surface area contributed by atoms with Crippen molar-refractivity contribution in [2.24, 2.45) is 0 Å². The molecule has 100 valence electrons. The van der Waals surface area contributed by atoms with Crippen LogP contribution in [-0.4, -0.2) is 43.4 Å². The van der Waals surface area contributed by atoms with Crippen molar-refractivity contribution < 1.29 is 8.78 Å². The number of halogens is 2. The fourth-order valence-electron chi connectivity index (χ4n) is 2.32. The van der Waals surface area contributed by atoms with E-state index < -0.39 is 18.4 Å². The molecule has 1 N–H and O–H groups in total. The van der Waals surface area contributed by atoms with E-state index in [1.807, 2.05) is 31.2 Å². The number of hydrogen-bond donors (Lipinski definition) is 1. The van der Waals surface area contributed by atoms with Gasteiger partial charge in [0, 0.05) is 19.6 Å². The molecular formula is C14H20F2N2. The standard InChI is InChI=1S/C14H20F2N2/c1-10-3-5-11(6-4-10)7-17-14-12(15)8-18(2)9-13(14)16/h3-6,12-14,17H,7-9H2,1-2H3/t12-,13-/m0/s1. The number of alkyl halides is 2. The summed E-state index contributed by atoms with van der Waals surface area (Å²) in [5.41, 5.74) is 2.24. The van der Waals surface area contributed by atoms with Crippen molar-refractivity contribution in [3.05, 3.63) is 35.4 Å².